The fraction of sp³-hybridized carbons (Fsp3) is 0.0417. The van der Waals surface area contributed by atoms with Crippen LogP contribution in [0.4, 0.5) is 9.52 Å². The Labute approximate surface area is 194 Å². The van der Waals surface area contributed by atoms with Crippen molar-refractivity contribution in [3.05, 3.63) is 99.8 Å². The van der Waals surface area contributed by atoms with Crippen LogP contribution in [0.2, 0.25) is 0 Å². The van der Waals surface area contributed by atoms with Crippen molar-refractivity contribution in [3.8, 4) is 0 Å². The Hall–Kier alpha value is -3.36. The summed E-state index contributed by atoms with van der Waals surface area (Å²) in [5.41, 5.74) is 1.55. The molecule has 1 fully saturated rings. The lowest BCUT2D eigenvalue weighted by molar-refractivity contribution is -0.132. The van der Waals surface area contributed by atoms with E-state index in [1.807, 2.05) is 6.07 Å². The first-order valence-corrected chi connectivity index (χ1v) is 11.2. The monoisotopic (exact) mass is 508 g/mol. The van der Waals surface area contributed by atoms with E-state index >= 15 is 0 Å². The number of halogens is 2. The molecule has 1 saturated heterocycles. The van der Waals surface area contributed by atoms with E-state index in [4.69, 9.17) is 0 Å². The van der Waals surface area contributed by atoms with Gasteiger partial charge in [0.25, 0.3) is 5.78 Å². The number of rotatable bonds is 3. The third-order valence-electron chi connectivity index (χ3n) is 5.20. The van der Waals surface area contributed by atoms with Gasteiger partial charge in [0.05, 0.1) is 21.8 Å². The number of hydrogen-bond donors (Lipinski definition) is 1. The van der Waals surface area contributed by atoms with Crippen LogP contribution in [0, 0.1) is 5.82 Å². The number of aliphatic hydroxyl groups excluding tert-OH is 1. The first-order chi connectivity index (χ1) is 15.4. The third-order valence-corrected chi connectivity index (χ3v) is 6.71. The number of benzene rings is 3. The molecule has 1 atom stereocenters. The Kier molecular flexibility index (Phi) is 5.11. The topological polar surface area (TPSA) is 70.5 Å². The molecule has 1 amide bonds. The van der Waals surface area contributed by atoms with Gasteiger partial charge in [0, 0.05) is 10.0 Å². The standard InChI is InChI=1S/C24H14BrFN2O3S/c25-15-8-4-7-14(11-15)20-19(21(29)13-5-2-1-3-6-13)22(30)23(31)28(20)24-27-17-10-9-16(26)12-18(17)32-24/h1-12,20,29H/b21-19+/t20-/m1/s1. The molecule has 8 heteroatoms. The van der Waals surface area contributed by atoms with Crippen LogP contribution < -0.4 is 4.90 Å². The number of carbonyl (C=O) groups excluding carboxylic acids is 2. The highest BCUT2D eigenvalue weighted by atomic mass is 79.9. The van der Waals surface area contributed by atoms with Crippen molar-refractivity contribution in [2.75, 3.05) is 4.90 Å². The van der Waals surface area contributed by atoms with E-state index in [-0.39, 0.29) is 16.5 Å². The molecule has 3 aromatic carbocycles. The highest BCUT2D eigenvalue weighted by molar-refractivity contribution is 9.10. The molecule has 2 heterocycles. The molecule has 1 aromatic heterocycles. The van der Waals surface area contributed by atoms with Crippen molar-refractivity contribution < 1.29 is 19.1 Å². The molecule has 0 bridgehead atoms. The first kappa shape index (κ1) is 20.5. The zero-order valence-electron chi connectivity index (χ0n) is 16.3. The van der Waals surface area contributed by atoms with Gasteiger partial charge in [-0.2, -0.15) is 0 Å². The summed E-state index contributed by atoms with van der Waals surface area (Å²) in [5, 5.41) is 11.3. The largest absolute Gasteiger partial charge is 0.507 e. The number of aromatic nitrogens is 1. The van der Waals surface area contributed by atoms with Gasteiger partial charge in [-0.05, 0) is 35.9 Å². The maximum atomic E-state index is 13.7. The molecule has 0 unspecified atom stereocenters. The van der Waals surface area contributed by atoms with Crippen LogP contribution in [0.3, 0.4) is 0 Å². The Morgan fingerprint density at radius 2 is 1.81 bits per heavy atom. The van der Waals surface area contributed by atoms with E-state index < -0.39 is 23.5 Å². The number of Topliss-reactive ketones (excluding diaryl/α,β-unsaturated/α-hetero) is 1. The van der Waals surface area contributed by atoms with Crippen LogP contribution in [0.1, 0.15) is 17.2 Å². The quantitative estimate of drug-likeness (QED) is 0.215. The zero-order chi connectivity index (χ0) is 22.4. The second-order valence-electron chi connectivity index (χ2n) is 7.20. The molecular formula is C24H14BrFN2O3S. The lowest BCUT2D eigenvalue weighted by Crippen LogP contribution is -2.29. The van der Waals surface area contributed by atoms with Crippen LogP contribution in [0.15, 0.2) is 82.8 Å². The van der Waals surface area contributed by atoms with Crippen LogP contribution in [0.25, 0.3) is 16.0 Å². The van der Waals surface area contributed by atoms with Crippen molar-refractivity contribution in [1.82, 2.24) is 4.98 Å². The fourth-order valence-corrected chi connectivity index (χ4v) is 5.20. The molecule has 0 spiro atoms. The van der Waals surface area contributed by atoms with E-state index in [1.165, 1.54) is 23.1 Å². The van der Waals surface area contributed by atoms with Gasteiger partial charge in [-0.25, -0.2) is 9.37 Å². The number of ketones is 1. The van der Waals surface area contributed by atoms with Crippen molar-refractivity contribution in [2.45, 2.75) is 6.04 Å². The van der Waals surface area contributed by atoms with Crippen LogP contribution in [-0.4, -0.2) is 21.8 Å². The molecule has 5 nitrogen and oxygen atoms in total. The Morgan fingerprint density at radius 3 is 2.56 bits per heavy atom. The van der Waals surface area contributed by atoms with Gasteiger partial charge in [-0.1, -0.05) is 69.7 Å². The molecule has 0 aliphatic carbocycles. The number of thiazole rings is 1. The fourth-order valence-electron chi connectivity index (χ4n) is 3.76. The number of hydrogen-bond acceptors (Lipinski definition) is 5. The Bertz CT molecular complexity index is 1420. The molecule has 0 radical (unpaired) electrons. The van der Waals surface area contributed by atoms with E-state index in [0.29, 0.717) is 21.3 Å². The summed E-state index contributed by atoms with van der Waals surface area (Å²) in [6, 6.07) is 19.0. The molecule has 158 valence electrons. The van der Waals surface area contributed by atoms with Gasteiger partial charge >= 0.3 is 5.91 Å². The summed E-state index contributed by atoms with van der Waals surface area (Å²) in [7, 11) is 0. The second-order valence-corrected chi connectivity index (χ2v) is 9.12. The summed E-state index contributed by atoms with van der Waals surface area (Å²) in [4.78, 5) is 32.1. The average molecular weight is 509 g/mol. The van der Waals surface area contributed by atoms with Gasteiger partial charge in [0.2, 0.25) is 0 Å². The molecule has 1 aliphatic heterocycles. The summed E-state index contributed by atoms with van der Waals surface area (Å²) < 4.78 is 15.0. The van der Waals surface area contributed by atoms with Crippen molar-refractivity contribution in [1.29, 1.82) is 0 Å². The number of fused-ring (bicyclic) bond motifs is 1. The number of nitrogens with zero attached hydrogens (tertiary/aromatic N) is 2. The first-order valence-electron chi connectivity index (χ1n) is 9.62. The summed E-state index contributed by atoms with van der Waals surface area (Å²) in [6.45, 7) is 0. The lowest BCUT2D eigenvalue weighted by Gasteiger charge is -2.23. The van der Waals surface area contributed by atoms with Crippen molar-refractivity contribution in [3.63, 3.8) is 0 Å². The highest BCUT2D eigenvalue weighted by Gasteiger charge is 2.48. The average Bonchev–Trinajstić information content (AvgIpc) is 3.32. The molecule has 5 rings (SSSR count). The second kappa shape index (κ2) is 7.96. The minimum Gasteiger partial charge on any atom is -0.507 e. The van der Waals surface area contributed by atoms with Gasteiger partial charge in [-0.15, -0.1) is 0 Å². The van der Waals surface area contributed by atoms with E-state index in [0.717, 1.165) is 15.8 Å². The number of aliphatic hydroxyl groups is 1. The maximum absolute atomic E-state index is 13.7. The molecule has 4 aromatic rings. The molecular weight excluding hydrogens is 495 g/mol. The van der Waals surface area contributed by atoms with Crippen LogP contribution in [-0.2, 0) is 9.59 Å². The molecule has 1 aliphatic rings. The van der Waals surface area contributed by atoms with Crippen LogP contribution in [0.5, 0.6) is 0 Å². The van der Waals surface area contributed by atoms with Gasteiger partial charge in [0.15, 0.2) is 5.13 Å². The minimum absolute atomic E-state index is 0.0234. The van der Waals surface area contributed by atoms with Gasteiger partial charge in [0.1, 0.15) is 11.6 Å². The predicted molar refractivity (Wildman–Crippen MR) is 125 cm³/mol. The Balaban J connectivity index is 1.75. The molecule has 32 heavy (non-hydrogen) atoms. The van der Waals surface area contributed by atoms with Gasteiger partial charge in [-0.3, -0.25) is 14.5 Å². The van der Waals surface area contributed by atoms with E-state index in [9.17, 15) is 19.1 Å². The summed E-state index contributed by atoms with van der Waals surface area (Å²) in [5.74, 6) is -2.28. The third kappa shape index (κ3) is 3.41. The van der Waals surface area contributed by atoms with Crippen molar-refractivity contribution in [2.24, 2.45) is 0 Å². The minimum atomic E-state index is -0.891. The number of anilines is 1. The number of carbonyl (C=O) groups is 2. The van der Waals surface area contributed by atoms with Gasteiger partial charge < -0.3 is 5.11 Å². The normalized spacial score (nSPS) is 17.9. The smallest absolute Gasteiger partial charge is 0.301 e. The highest BCUT2D eigenvalue weighted by Crippen LogP contribution is 2.44. The zero-order valence-corrected chi connectivity index (χ0v) is 18.7. The SMILES string of the molecule is O=C1C(=O)N(c2nc3ccc(F)cc3s2)[C@H](c2cccc(Br)c2)/C1=C(\O)c1ccccc1. The summed E-state index contributed by atoms with van der Waals surface area (Å²) in [6.07, 6.45) is 0. The molecule has 1 N–H and O–H groups in total. The Morgan fingerprint density at radius 1 is 1.03 bits per heavy atom. The maximum Gasteiger partial charge on any atom is 0.301 e. The molecule has 0 saturated carbocycles. The van der Waals surface area contributed by atoms with E-state index in [2.05, 4.69) is 20.9 Å². The van der Waals surface area contributed by atoms with Crippen molar-refractivity contribution >= 4 is 60.1 Å². The predicted octanol–water partition coefficient (Wildman–Crippen LogP) is 5.82. The number of amides is 1. The van der Waals surface area contributed by atoms with Crippen LogP contribution >= 0.6 is 27.3 Å². The summed E-state index contributed by atoms with van der Waals surface area (Å²) >= 11 is 4.54. The lowest BCUT2D eigenvalue weighted by atomic mass is 9.95. The van der Waals surface area contributed by atoms with E-state index in [1.54, 1.807) is 48.5 Å².